The number of carbonyl (C=O) groups excluding carboxylic acids is 1. The molecule has 0 saturated carbocycles. The number of aliphatic hydroxyl groups is 4. The van der Waals surface area contributed by atoms with Crippen LogP contribution < -0.4 is 0 Å². The minimum absolute atomic E-state index is 0.104. The van der Waals surface area contributed by atoms with Gasteiger partial charge >= 0.3 is 5.97 Å². The lowest BCUT2D eigenvalue weighted by Gasteiger charge is -2.39. The number of esters is 1. The van der Waals surface area contributed by atoms with Crippen LogP contribution in [0.2, 0.25) is 0 Å². The second-order valence-electron chi connectivity index (χ2n) is 21.9. The second kappa shape index (κ2) is 53.0. The van der Waals surface area contributed by atoms with E-state index in [1.807, 2.05) is 0 Å². The molecule has 70 heavy (non-hydrogen) atoms. The minimum Gasteiger partial charge on any atom is -0.457 e. The van der Waals surface area contributed by atoms with Crippen molar-refractivity contribution in [2.45, 2.75) is 359 Å². The highest BCUT2D eigenvalue weighted by atomic mass is 16.7. The molecule has 1 heterocycles. The quantitative estimate of drug-likeness (QED) is 0.0347. The van der Waals surface area contributed by atoms with Crippen molar-refractivity contribution in [2.75, 3.05) is 26.4 Å². The molecular weight excluding hydrogens is 877 g/mol. The third-order valence-corrected chi connectivity index (χ3v) is 15.0. The van der Waals surface area contributed by atoms with Gasteiger partial charge in [-0.25, -0.2) is 0 Å². The Labute approximate surface area is 433 Å². The van der Waals surface area contributed by atoms with Gasteiger partial charge in [-0.1, -0.05) is 303 Å². The van der Waals surface area contributed by atoms with E-state index in [1.165, 1.54) is 270 Å². The van der Waals surface area contributed by atoms with Gasteiger partial charge in [0.1, 0.15) is 30.5 Å². The molecule has 1 fully saturated rings. The van der Waals surface area contributed by atoms with Gasteiger partial charge in [-0.2, -0.15) is 0 Å². The number of rotatable bonds is 56. The van der Waals surface area contributed by atoms with E-state index in [-0.39, 0.29) is 19.2 Å². The van der Waals surface area contributed by atoms with E-state index in [9.17, 15) is 25.2 Å². The number of ether oxygens (including phenoxy) is 4. The van der Waals surface area contributed by atoms with Gasteiger partial charge in [0.15, 0.2) is 6.29 Å². The van der Waals surface area contributed by atoms with Crippen molar-refractivity contribution in [1.82, 2.24) is 0 Å². The average molecular weight is 998 g/mol. The first-order chi connectivity index (χ1) is 34.4. The molecule has 0 aromatic carbocycles. The molecule has 1 aliphatic rings. The summed E-state index contributed by atoms with van der Waals surface area (Å²) in [4.78, 5) is 12.9. The molecule has 1 saturated heterocycles. The first-order valence-corrected chi connectivity index (χ1v) is 31.1. The van der Waals surface area contributed by atoms with Gasteiger partial charge in [0, 0.05) is 13.0 Å². The number of hydrogen-bond donors (Lipinski definition) is 4. The van der Waals surface area contributed by atoms with Crippen molar-refractivity contribution in [3.05, 3.63) is 0 Å². The van der Waals surface area contributed by atoms with E-state index in [1.54, 1.807) is 0 Å². The predicted octanol–water partition coefficient (Wildman–Crippen LogP) is 16.5. The van der Waals surface area contributed by atoms with Gasteiger partial charge in [-0.15, -0.1) is 0 Å². The maximum Gasteiger partial charge on any atom is 0.306 e. The van der Waals surface area contributed by atoms with E-state index in [0.717, 1.165) is 32.1 Å². The van der Waals surface area contributed by atoms with Crippen molar-refractivity contribution in [3.8, 4) is 0 Å². The highest BCUT2D eigenvalue weighted by molar-refractivity contribution is 5.69. The summed E-state index contributed by atoms with van der Waals surface area (Å²) in [7, 11) is 0. The van der Waals surface area contributed by atoms with Crippen LogP contribution in [-0.4, -0.2) is 89.6 Å². The molecule has 9 nitrogen and oxygen atoms in total. The summed E-state index contributed by atoms with van der Waals surface area (Å²) in [5.41, 5.74) is 0. The Morgan fingerprint density at radius 1 is 0.400 bits per heavy atom. The molecule has 0 amide bonds. The summed E-state index contributed by atoms with van der Waals surface area (Å²) in [5.74, 6) is -0.302. The van der Waals surface area contributed by atoms with Gasteiger partial charge in [0.25, 0.3) is 0 Å². The first kappa shape index (κ1) is 67.2. The highest BCUT2D eigenvalue weighted by Gasteiger charge is 2.44. The fraction of sp³-hybridized carbons (Fsp3) is 0.984. The minimum atomic E-state index is -1.53. The fourth-order valence-electron chi connectivity index (χ4n) is 10.2. The summed E-state index contributed by atoms with van der Waals surface area (Å²) in [6, 6.07) is 0. The van der Waals surface area contributed by atoms with Crippen LogP contribution in [0.15, 0.2) is 0 Å². The van der Waals surface area contributed by atoms with E-state index in [4.69, 9.17) is 18.9 Å². The monoisotopic (exact) mass is 997 g/mol. The summed E-state index contributed by atoms with van der Waals surface area (Å²) >= 11 is 0. The van der Waals surface area contributed by atoms with Gasteiger partial charge in [0.05, 0.1) is 19.8 Å². The molecule has 9 heteroatoms. The summed E-state index contributed by atoms with van der Waals surface area (Å²) in [5, 5.41) is 40.4. The summed E-state index contributed by atoms with van der Waals surface area (Å²) in [6.07, 6.45) is 56.0. The molecule has 0 aromatic rings. The van der Waals surface area contributed by atoms with Crippen LogP contribution in [0.4, 0.5) is 0 Å². The third-order valence-electron chi connectivity index (χ3n) is 15.0. The van der Waals surface area contributed by atoms with E-state index in [0.29, 0.717) is 13.0 Å². The third kappa shape index (κ3) is 42.5. The Morgan fingerprint density at radius 2 is 0.700 bits per heavy atom. The van der Waals surface area contributed by atoms with Gasteiger partial charge in [-0.3, -0.25) is 4.79 Å². The van der Waals surface area contributed by atoms with Crippen molar-refractivity contribution in [3.63, 3.8) is 0 Å². The SMILES string of the molecule is CCCCCCCCCCCCCCCCCCCCCCCCCCOCC(COC1OC(CO)C(O)C(O)C1O)OC(=O)CCCCCCCCCCCCCCCCCCCCCCCCC. The van der Waals surface area contributed by atoms with Crippen LogP contribution in [0.5, 0.6) is 0 Å². The Kier molecular flexibility index (Phi) is 50.9. The van der Waals surface area contributed by atoms with E-state index >= 15 is 0 Å². The lowest BCUT2D eigenvalue weighted by Crippen LogP contribution is -2.59. The first-order valence-electron chi connectivity index (χ1n) is 31.1. The van der Waals surface area contributed by atoms with Crippen LogP contribution in [0.3, 0.4) is 0 Å². The van der Waals surface area contributed by atoms with Gasteiger partial charge in [-0.05, 0) is 12.8 Å². The molecule has 418 valence electrons. The Morgan fingerprint density at radius 3 is 1.01 bits per heavy atom. The number of hydrogen-bond acceptors (Lipinski definition) is 9. The molecular formula is C61H120O9. The van der Waals surface area contributed by atoms with E-state index < -0.39 is 43.4 Å². The summed E-state index contributed by atoms with van der Waals surface area (Å²) < 4.78 is 23.0. The molecule has 1 rings (SSSR count). The molecule has 0 bridgehead atoms. The molecule has 6 unspecified atom stereocenters. The largest absolute Gasteiger partial charge is 0.457 e. The van der Waals surface area contributed by atoms with Gasteiger partial charge < -0.3 is 39.4 Å². The van der Waals surface area contributed by atoms with Crippen LogP contribution >= 0.6 is 0 Å². The molecule has 0 radical (unpaired) electrons. The Hall–Kier alpha value is -0.810. The highest BCUT2D eigenvalue weighted by Crippen LogP contribution is 2.23. The average Bonchev–Trinajstić information content (AvgIpc) is 3.36. The number of carbonyl (C=O) groups is 1. The maximum atomic E-state index is 12.9. The lowest BCUT2D eigenvalue weighted by atomic mass is 9.99. The fourth-order valence-corrected chi connectivity index (χ4v) is 10.2. The topological polar surface area (TPSA) is 135 Å². The molecule has 1 aliphatic heterocycles. The van der Waals surface area contributed by atoms with Crippen molar-refractivity contribution in [1.29, 1.82) is 0 Å². The molecule has 4 N–H and O–H groups in total. The van der Waals surface area contributed by atoms with Crippen LogP contribution in [0.25, 0.3) is 0 Å². The maximum absolute atomic E-state index is 12.9. The molecule has 0 spiro atoms. The normalized spacial score (nSPS) is 18.7. The smallest absolute Gasteiger partial charge is 0.306 e. The number of aliphatic hydroxyl groups excluding tert-OH is 4. The molecule has 0 aromatic heterocycles. The zero-order valence-electron chi connectivity index (χ0n) is 46.6. The van der Waals surface area contributed by atoms with Crippen molar-refractivity contribution >= 4 is 5.97 Å². The van der Waals surface area contributed by atoms with Crippen LogP contribution in [0, 0.1) is 0 Å². The Balaban J connectivity index is 2.10. The lowest BCUT2D eigenvalue weighted by molar-refractivity contribution is -0.305. The molecule has 0 aliphatic carbocycles. The standard InChI is InChI=1S/C61H120O9/c1-3-5-7-9-11-13-15-17-19-21-23-25-27-29-31-33-35-37-39-41-43-45-47-49-51-67-53-55(54-68-61-60(66)59(65)58(64)56(52-62)70-61)69-57(63)50-48-46-44-42-40-38-36-34-32-30-28-26-24-22-20-18-16-14-12-10-8-6-4-2/h55-56,58-62,64-66H,3-54H2,1-2H3. The van der Waals surface area contributed by atoms with Gasteiger partial charge in [0.2, 0.25) is 0 Å². The Bertz CT molecular complexity index is 1040. The number of unbranched alkanes of at least 4 members (excludes halogenated alkanes) is 45. The van der Waals surface area contributed by atoms with Crippen LogP contribution in [0.1, 0.15) is 322 Å². The predicted molar refractivity (Wildman–Crippen MR) is 293 cm³/mol. The van der Waals surface area contributed by atoms with E-state index in [2.05, 4.69) is 13.8 Å². The van der Waals surface area contributed by atoms with Crippen molar-refractivity contribution in [2.24, 2.45) is 0 Å². The summed E-state index contributed by atoms with van der Waals surface area (Å²) in [6.45, 7) is 4.66. The molecule has 6 atom stereocenters. The van der Waals surface area contributed by atoms with Crippen molar-refractivity contribution < 1.29 is 44.2 Å². The zero-order valence-corrected chi connectivity index (χ0v) is 46.6. The zero-order chi connectivity index (χ0) is 50.6. The van der Waals surface area contributed by atoms with Crippen LogP contribution in [-0.2, 0) is 23.7 Å². The second-order valence-corrected chi connectivity index (χ2v) is 21.9.